The molecule has 2 aliphatic rings. The number of nitrogens with one attached hydrogen (secondary N) is 2. The second-order valence-corrected chi connectivity index (χ2v) is 6.80. The average molecular weight is 346 g/mol. The Labute approximate surface area is 147 Å². The van der Waals surface area contributed by atoms with Crippen LogP contribution in [-0.4, -0.2) is 54.7 Å². The first kappa shape index (κ1) is 17.7. The number of para-hydroxylation sites is 1. The molecule has 4 N–H and O–H groups in total. The molecule has 25 heavy (non-hydrogen) atoms. The van der Waals surface area contributed by atoms with Crippen molar-refractivity contribution in [2.24, 2.45) is 5.73 Å². The average Bonchev–Trinajstić information content (AvgIpc) is 2.63. The van der Waals surface area contributed by atoms with E-state index in [-0.39, 0.29) is 18.0 Å². The van der Waals surface area contributed by atoms with E-state index in [9.17, 15) is 9.59 Å². The Balaban J connectivity index is 1.45. The third-order valence-electron chi connectivity index (χ3n) is 4.96. The molecule has 0 unspecified atom stereocenters. The lowest BCUT2D eigenvalue weighted by Gasteiger charge is -2.40. The minimum atomic E-state index is -0.788. The van der Waals surface area contributed by atoms with E-state index in [2.05, 4.69) is 10.6 Å². The van der Waals surface area contributed by atoms with Gasteiger partial charge in [-0.05, 0) is 37.8 Å². The molecule has 3 amide bonds. The highest BCUT2D eigenvalue weighted by Gasteiger charge is 2.39. The van der Waals surface area contributed by atoms with E-state index in [1.807, 2.05) is 35.2 Å². The van der Waals surface area contributed by atoms with Crippen molar-refractivity contribution in [1.29, 1.82) is 0 Å². The monoisotopic (exact) mass is 346 g/mol. The zero-order valence-electron chi connectivity index (χ0n) is 14.4. The van der Waals surface area contributed by atoms with E-state index in [0.29, 0.717) is 39.1 Å². The number of anilines is 1. The molecule has 2 saturated heterocycles. The zero-order chi connectivity index (χ0) is 17.7. The number of hydrogen-bond acceptors (Lipinski definition) is 4. The smallest absolute Gasteiger partial charge is 0.319 e. The van der Waals surface area contributed by atoms with Gasteiger partial charge in [0.1, 0.15) is 0 Å². The molecule has 0 aromatic heterocycles. The number of piperidine rings is 1. The molecule has 2 aliphatic heterocycles. The zero-order valence-corrected chi connectivity index (χ0v) is 14.4. The molecule has 1 aromatic carbocycles. The summed E-state index contributed by atoms with van der Waals surface area (Å²) in [5.41, 5.74) is 6.26. The molecule has 7 heteroatoms. The number of nitrogens with two attached hydrogens (primary N) is 1. The summed E-state index contributed by atoms with van der Waals surface area (Å²) < 4.78 is 5.31. The van der Waals surface area contributed by atoms with E-state index in [4.69, 9.17) is 10.5 Å². The van der Waals surface area contributed by atoms with E-state index < -0.39 is 5.54 Å². The molecule has 0 radical (unpaired) electrons. The second-order valence-electron chi connectivity index (χ2n) is 6.80. The van der Waals surface area contributed by atoms with Gasteiger partial charge < -0.3 is 26.0 Å². The van der Waals surface area contributed by atoms with Crippen LogP contribution in [0.4, 0.5) is 10.5 Å². The predicted octanol–water partition coefficient (Wildman–Crippen LogP) is 1.31. The predicted molar refractivity (Wildman–Crippen MR) is 95.2 cm³/mol. The SMILES string of the molecule is NC1(C(=O)N2CCC(NC(=O)Nc3ccccc3)CC2)CCOCC1. The molecule has 0 saturated carbocycles. The van der Waals surface area contributed by atoms with Gasteiger partial charge in [-0.25, -0.2) is 4.79 Å². The first-order valence-corrected chi connectivity index (χ1v) is 8.85. The fraction of sp³-hybridized carbons (Fsp3) is 0.556. The van der Waals surface area contributed by atoms with Crippen LogP contribution in [0.25, 0.3) is 0 Å². The molecule has 0 spiro atoms. The summed E-state index contributed by atoms with van der Waals surface area (Å²) in [5.74, 6) is 0.0167. The number of carbonyl (C=O) groups is 2. The first-order valence-electron chi connectivity index (χ1n) is 8.85. The van der Waals surface area contributed by atoms with Gasteiger partial charge in [0.15, 0.2) is 0 Å². The van der Waals surface area contributed by atoms with Gasteiger partial charge in [-0.3, -0.25) is 4.79 Å². The number of carbonyl (C=O) groups excluding carboxylic acids is 2. The van der Waals surface area contributed by atoms with Gasteiger partial charge in [-0.15, -0.1) is 0 Å². The summed E-state index contributed by atoms with van der Waals surface area (Å²) in [6.45, 7) is 2.32. The highest BCUT2D eigenvalue weighted by atomic mass is 16.5. The van der Waals surface area contributed by atoms with Gasteiger partial charge in [0.25, 0.3) is 0 Å². The Morgan fingerprint density at radius 2 is 1.76 bits per heavy atom. The number of hydrogen-bond donors (Lipinski definition) is 3. The molecular weight excluding hydrogens is 320 g/mol. The highest BCUT2D eigenvalue weighted by molar-refractivity contribution is 5.89. The lowest BCUT2D eigenvalue weighted by atomic mass is 9.88. The van der Waals surface area contributed by atoms with E-state index >= 15 is 0 Å². The highest BCUT2D eigenvalue weighted by Crippen LogP contribution is 2.23. The number of urea groups is 1. The summed E-state index contributed by atoms with van der Waals surface area (Å²) in [6.07, 6.45) is 2.62. The van der Waals surface area contributed by atoms with Crippen LogP contribution in [0.2, 0.25) is 0 Å². The summed E-state index contributed by atoms with van der Waals surface area (Å²) in [7, 11) is 0. The third-order valence-corrected chi connectivity index (χ3v) is 4.96. The number of ether oxygens (including phenoxy) is 1. The van der Waals surface area contributed by atoms with Gasteiger partial charge >= 0.3 is 6.03 Å². The molecule has 0 bridgehead atoms. The number of rotatable bonds is 3. The van der Waals surface area contributed by atoms with Crippen LogP contribution in [0.5, 0.6) is 0 Å². The van der Waals surface area contributed by atoms with Crippen LogP contribution in [0.15, 0.2) is 30.3 Å². The van der Waals surface area contributed by atoms with Gasteiger partial charge in [0.2, 0.25) is 5.91 Å². The molecule has 0 aliphatic carbocycles. The molecule has 2 fully saturated rings. The van der Waals surface area contributed by atoms with Crippen molar-refractivity contribution in [1.82, 2.24) is 10.2 Å². The fourth-order valence-electron chi connectivity index (χ4n) is 3.37. The van der Waals surface area contributed by atoms with Crippen molar-refractivity contribution < 1.29 is 14.3 Å². The normalized spacial score (nSPS) is 20.8. The van der Waals surface area contributed by atoms with E-state index in [0.717, 1.165) is 18.5 Å². The van der Waals surface area contributed by atoms with E-state index in [1.165, 1.54) is 0 Å². The van der Waals surface area contributed by atoms with Crippen molar-refractivity contribution >= 4 is 17.6 Å². The Hall–Kier alpha value is -2.12. The molecule has 1 aromatic rings. The minimum Gasteiger partial charge on any atom is -0.381 e. The molecule has 7 nitrogen and oxygen atoms in total. The fourth-order valence-corrected chi connectivity index (χ4v) is 3.37. The summed E-state index contributed by atoms with van der Waals surface area (Å²) >= 11 is 0. The Morgan fingerprint density at radius 1 is 1.12 bits per heavy atom. The van der Waals surface area contributed by atoms with Crippen molar-refractivity contribution in [3.05, 3.63) is 30.3 Å². The molecule has 3 rings (SSSR count). The lowest BCUT2D eigenvalue weighted by molar-refractivity contribution is -0.141. The molecule has 136 valence electrons. The van der Waals surface area contributed by atoms with Crippen molar-refractivity contribution in [2.45, 2.75) is 37.3 Å². The lowest BCUT2D eigenvalue weighted by Crippen LogP contribution is -2.60. The summed E-state index contributed by atoms with van der Waals surface area (Å²) in [6, 6.07) is 9.19. The van der Waals surface area contributed by atoms with Crippen LogP contribution in [-0.2, 0) is 9.53 Å². The number of amides is 3. The van der Waals surface area contributed by atoms with Crippen LogP contribution in [0, 0.1) is 0 Å². The summed E-state index contributed by atoms with van der Waals surface area (Å²) in [4.78, 5) is 26.6. The summed E-state index contributed by atoms with van der Waals surface area (Å²) in [5, 5.41) is 5.79. The maximum atomic E-state index is 12.7. The number of likely N-dealkylation sites (tertiary alicyclic amines) is 1. The standard InChI is InChI=1S/C18H26N4O3/c19-18(8-12-25-13-9-18)16(23)22-10-6-15(7-11-22)21-17(24)20-14-4-2-1-3-5-14/h1-5,15H,6-13,19H2,(H2,20,21,24). The van der Waals surface area contributed by atoms with Crippen LogP contribution in [0.1, 0.15) is 25.7 Å². The topological polar surface area (TPSA) is 96.7 Å². The number of benzene rings is 1. The molecular formula is C18H26N4O3. The minimum absolute atomic E-state index is 0.0167. The van der Waals surface area contributed by atoms with Crippen molar-refractivity contribution in [2.75, 3.05) is 31.6 Å². The maximum absolute atomic E-state index is 12.7. The Bertz CT molecular complexity index is 594. The second kappa shape index (κ2) is 7.84. The first-order chi connectivity index (χ1) is 12.1. The van der Waals surface area contributed by atoms with Crippen LogP contribution in [0.3, 0.4) is 0 Å². The third kappa shape index (κ3) is 4.49. The Kier molecular flexibility index (Phi) is 5.55. The van der Waals surface area contributed by atoms with Gasteiger partial charge in [-0.2, -0.15) is 0 Å². The van der Waals surface area contributed by atoms with Gasteiger partial charge in [0, 0.05) is 38.0 Å². The van der Waals surface area contributed by atoms with Gasteiger partial charge in [0.05, 0.1) is 5.54 Å². The van der Waals surface area contributed by atoms with E-state index in [1.54, 1.807) is 0 Å². The Morgan fingerprint density at radius 3 is 2.40 bits per heavy atom. The van der Waals surface area contributed by atoms with Crippen molar-refractivity contribution in [3.8, 4) is 0 Å². The number of nitrogens with zero attached hydrogens (tertiary/aromatic N) is 1. The van der Waals surface area contributed by atoms with Gasteiger partial charge in [-0.1, -0.05) is 18.2 Å². The maximum Gasteiger partial charge on any atom is 0.319 e. The molecule has 2 heterocycles. The quantitative estimate of drug-likeness (QED) is 0.769. The molecule has 0 atom stereocenters. The van der Waals surface area contributed by atoms with Crippen LogP contribution < -0.4 is 16.4 Å². The van der Waals surface area contributed by atoms with Crippen molar-refractivity contribution in [3.63, 3.8) is 0 Å². The largest absolute Gasteiger partial charge is 0.381 e. The van der Waals surface area contributed by atoms with Crippen LogP contribution >= 0.6 is 0 Å².